The minimum atomic E-state index is -0.668. The summed E-state index contributed by atoms with van der Waals surface area (Å²) in [6.45, 7) is 12.5. The second kappa shape index (κ2) is 10.8. The van der Waals surface area contributed by atoms with Crippen LogP contribution in [0.4, 0.5) is 4.79 Å². The summed E-state index contributed by atoms with van der Waals surface area (Å²) in [5, 5.41) is 4.77. The standard InChI is InChI=1S/C22H31ClN4O3S/c1-8-9-12-27-14(2)15(3)31-20(27)24-19(25-26-21(28)30-22(4,5)6)17-13-16(23)10-11-18(17)29-7/h10-11,13H,8-9,12H2,1-7H3,(H,26,28)/b24-20-,25-19-. The highest BCUT2D eigenvalue weighted by atomic mass is 35.5. The van der Waals surface area contributed by atoms with Gasteiger partial charge in [-0.05, 0) is 59.2 Å². The molecule has 1 N–H and O–H groups in total. The highest BCUT2D eigenvalue weighted by molar-refractivity contribution is 7.09. The van der Waals surface area contributed by atoms with Gasteiger partial charge in [0.1, 0.15) is 11.4 Å². The Labute approximate surface area is 192 Å². The third kappa shape index (κ3) is 7.11. The van der Waals surface area contributed by atoms with Crippen LogP contribution in [0.25, 0.3) is 0 Å². The number of amides is 1. The Hall–Kier alpha value is -2.32. The molecular formula is C22H31ClN4O3S. The lowest BCUT2D eigenvalue weighted by Gasteiger charge is -2.18. The van der Waals surface area contributed by atoms with E-state index in [0.29, 0.717) is 16.3 Å². The Kier molecular flexibility index (Phi) is 8.70. The van der Waals surface area contributed by atoms with Gasteiger partial charge >= 0.3 is 6.09 Å². The van der Waals surface area contributed by atoms with Crippen molar-refractivity contribution in [1.82, 2.24) is 9.99 Å². The lowest BCUT2D eigenvalue weighted by molar-refractivity contribution is 0.0529. The average molecular weight is 467 g/mol. The largest absolute Gasteiger partial charge is 0.496 e. The quantitative estimate of drug-likeness (QED) is 0.351. The van der Waals surface area contributed by atoms with Crippen molar-refractivity contribution < 1.29 is 14.3 Å². The van der Waals surface area contributed by atoms with E-state index in [1.54, 1.807) is 57.4 Å². The fraction of sp³-hybridized carbons (Fsp3) is 0.500. The lowest BCUT2D eigenvalue weighted by Crippen LogP contribution is -2.30. The van der Waals surface area contributed by atoms with Gasteiger partial charge in [0, 0.05) is 22.1 Å². The van der Waals surface area contributed by atoms with Crippen LogP contribution in [-0.4, -0.2) is 29.2 Å². The van der Waals surface area contributed by atoms with Crippen LogP contribution in [0.3, 0.4) is 0 Å². The van der Waals surface area contributed by atoms with Gasteiger partial charge in [-0.1, -0.05) is 24.9 Å². The van der Waals surface area contributed by atoms with Crippen LogP contribution in [0.2, 0.25) is 5.02 Å². The smallest absolute Gasteiger partial charge is 0.428 e. The first-order chi connectivity index (χ1) is 14.6. The highest BCUT2D eigenvalue weighted by Gasteiger charge is 2.17. The lowest BCUT2D eigenvalue weighted by atomic mass is 10.2. The molecule has 0 saturated carbocycles. The molecule has 0 spiro atoms. The number of benzene rings is 1. The van der Waals surface area contributed by atoms with Crippen LogP contribution in [0.15, 0.2) is 28.3 Å². The molecule has 9 heteroatoms. The molecule has 1 aromatic heterocycles. The zero-order valence-electron chi connectivity index (χ0n) is 19.2. The maximum Gasteiger partial charge on any atom is 0.428 e. The van der Waals surface area contributed by atoms with Gasteiger partial charge < -0.3 is 14.0 Å². The first-order valence-electron chi connectivity index (χ1n) is 10.2. The van der Waals surface area contributed by atoms with Crippen LogP contribution in [0.1, 0.15) is 56.7 Å². The number of nitrogens with zero attached hydrogens (tertiary/aromatic N) is 3. The maximum absolute atomic E-state index is 12.2. The number of amidine groups is 1. The van der Waals surface area contributed by atoms with Gasteiger partial charge in [0.15, 0.2) is 10.6 Å². The number of carbonyl (C=O) groups excluding carboxylic acids is 1. The van der Waals surface area contributed by atoms with E-state index in [2.05, 4.69) is 35.9 Å². The number of rotatable bonds is 6. The fourth-order valence-corrected chi connectivity index (χ4v) is 3.93. The van der Waals surface area contributed by atoms with Gasteiger partial charge in [-0.3, -0.25) is 0 Å². The van der Waals surface area contributed by atoms with Crippen LogP contribution in [-0.2, 0) is 11.3 Å². The Balaban J connectivity index is 2.60. The van der Waals surface area contributed by atoms with E-state index in [1.165, 1.54) is 4.88 Å². The molecule has 0 atom stereocenters. The third-order valence-electron chi connectivity index (χ3n) is 4.38. The van der Waals surface area contributed by atoms with Crippen LogP contribution < -0.4 is 15.0 Å². The van der Waals surface area contributed by atoms with Crippen molar-refractivity contribution in [3.05, 3.63) is 44.2 Å². The summed E-state index contributed by atoms with van der Waals surface area (Å²) in [7, 11) is 1.56. The minimum absolute atomic E-state index is 0.275. The predicted octanol–water partition coefficient (Wildman–Crippen LogP) is 5.42. The van der Waals surface area contributed by atoms with Gasteiger partial charge in [-0.25, -0.2) is 10.2 Å². The number of aryl methyl sites for hydroxylation is 1. The first-order valence-corrected chi connectivity index (χ1v) is 11.4. The predicted molar refractivity (Wildman–Crippen MR) is 126 cm³/mol. The number of carbonyl (C=O) groups is 1. The summed E-state index contributed by atoms with van der Waals surface area (Å²) in [5.74, 6) is 0.819. The van der Waals surface area contributed by atoms with Gasteiger partial charge in [0.2, 0.25) is 0 Å². The molecule has 0 fully saturated rings. The second-order valence-corrected chi connectivity index (χ2v) is 9.66. The third-order valence-corrected chi connectivity index (χ3v) is 5.71. The monoisotopic (exact) mass is 466 g/mol. The molecule has 170 valence electrons. The van der Waals surface area contributed by atoms with Crippen LogP contribution >= 0.6 is 22.9 Å². The van der Waals surface area contributed by atoms with E-state index in [0.717, 1.165) is 29.9 Å². The first kappa shape index (κ1) is 24.9. The number of nitrogens with one attached hydrogen (secondary N) is 1. The molecule has 0 radical (unpaired) electrons. The fourth-order valence-electron chi connectivity index (χ4n) is 2.75. The Morgan fingerprint density at radius 2 is 2.00 bits per heavy atom. The number of aromatic nitrogens is 1. The van der Waals surface area contributed by atoms with Gasteiger partial charge in [0.05, 0.1) is 12.7 Å². The van der Waals surface area contributed by atoms with E-state index < -0.39 is 11.7 Å². The number of ether oxygens (including phenoxy) is 2. The number of thiazole rings is 1. The second-order valence-electron chi connectivity index (χ2n) is 8.04. The molecule has 0 aliphatic carbocycles. The van der Waals surface area contributed by atoms with E-state index in [1.807, 2.05) is 0 Å². The van der Waals surface area contributed by atoms with Crippen LogP contribution in [0, 0.1) is 13.8 Å². The van der Waals surface area contributed by atoms with Gasteiger partial charge in [-0.15, -0.1) is 16.4 Å². The molecule has 1 amide bonds. The van der Waals surface area contributed by atoms with Crippen molar-refractivity contribution in [3.8, 4) is 5.75 Å². The van der Waals surface area contributed by atoms with Gasteiger partial charge in [0.25, 0.3) is 0 Å². The Morgan fingerprint density at radius 3 is 2.61 bits per heavy atom. The molecule has 1 aromatic carbocycles. The molecule has 0 aliphatic heterocycles. The SMILES string of the molecule is CCCCn1c(C)c(C)s/c1=N\C(=N/NC(=O)OC(C)(C)C)c1cc(Cl)ccc1OC. The molecule has 0 saturated heterocycles. The molecular weight excluding hydrogens is 436 g/mol. The van der Waals surface area contributed by atoms with E-state index in [9.17, 15) is 4.79 Å². The topological polar surface area (TPSA) is 77.2 Å². The number of halogens is 1. The van der Waals surface area contributed by atoms with Gasteiger partial charge in [-0.2, -0.15) is 4.99 Å². The number of hydrogen-bond acceptors (Lipinski definition) is 5. The number of unbranched alkanes of at least 4 members (excludes halogenated alkanes) is 1. The van der Waals surface area contributed by atoms with Crippen molar-refractivity contribution >= 4 is 34.9 Å². The summed E-state index contributed by atoms with van der Waals surface area (Å²) in [5.41, 5.74) is 3.53. The summed E-state index contributed by atoms with van der Waals surface area (Å²) in [6.07, 6.45) is 1.44. The van der Waals surface area contributed by atoms with E-state index in [4.69, 9.17) is 26.1 Å². The zero-order valence-corrected chi connectivity index (χ0v) is 20.8. The highest BCUT2D eigenvalue weighted by Crippen LogP contribution is 2.24. The molecule has 2 rings (SSSR count). The van der Waals surface area contributed by atoms with E-state index >= 15 is 0 Å². The normalized spacial score (nSPS) is 12.8. The Bertz CT molecular complexity index is 1020. The van der Waals surface area contributed by atoms with Crippen molar-refractivity contribution in [2.45, 2.75) is 66.5 Å². The Morgan fingerprint density at radius 1 is 1.29 bits per heavy atom. The average Bonchev–Trinajstić information content (AvgIpc) is 2.95. The summed E-state index contributed by atoms with van der Waals surface area (Å²) >= 11 is 7.81. The summed E-state index contributed by atoms with van der Waals surface area (Å²) in [6, 6.07) is 5.18. The van der Waals surface area contributed by atoms with Crippen molar-refractivity contribution in [2.75, 3.05) is 7.11 Å². The number of methoxy groups -OCH3 is 1. The number of hydrazone groups is 1. The number of hydrogen-bond donors (Lipinski definition) is 1. The van der Waals surface area contributed by atoms with Crippen molar-refractivity contribution in [3.63, 3.8) is 0 Å². The molecule has 0 bridgehead atoms. The zero-order chi connectivity index (χ0) is 23.2. The van der Waals surface area contributed by atoms with E-state index in [-0.39, 0.29) is 5.84 Å². The van der Waals surface area contributed by atoms with Crippen molar-refractivity contribution in [1.29, 1.82) is 0 Å². The summed E-state index contributed by atoms with van der Waals surface area (Å²) in [4.78, 5) is 19.0. The van der Waals surface area contributed by atoms with Crippen molar-refractivity contribution in [2.24, 2.45) is 10.1 Å². The minimum Gasteiger partial charge on any atom is -0.496 e. The molecule has 31 heavy (non-hydrogen) atoms. The molecule has 0 aliphatic rings. The molecule has 1 heterocycles. The molecule has 0 unspecified atom stereocenters. The molecule has 2 aromatic rings. The maximum atomic E-state index is 12.2. The summed E-state index contributed by atoms with van der Waals surface area (Å²) < 4.78 is 12.9. The van der Waals surface area contributed by atoms with Crippen LogP contribution in [0.5, 0.6) is 5.75 Å². The molecule has 7 nitrogen and oxygen atoms in total.